The van der Waals surface area contributed by atoms with Crippen LogP contribution in [-0.4, -0.2) is 6.61 Å². The number of rotatable bonds is 0. The molecule has 0 spiro atoms. The maximum Gasteiger partial charge on any atom is 0.143 e. The molecule has 0 amide bonds. The Bertz CT molecular complexity index is 418. The molecular formula is C13H13NO. The van der Waals surface area contributed by atoms with Crippen LogP contribution in [0.4, 0.5) is 5.69 Å². The Hall–Kier alpha value is -1.96. The lowest BCUT2D eigenvalue weighted by atomic mass is 10.2. The van der Waals surface area contributed by atoms with Gasteiger partial charge in [0, 0.05) is 5.70 Å². The smallest absolute Gasteiger partial charge is 0.143 e. The van der Waals surface area contributed by atoms with Crippen LogP contribution in [0.5, 0.6) is 5.75 Å². The van der Waals surface area contributed by atoms with Gasteiger partial charge in [-0.25, -0.2) is 0 Å². The second kappa shape index (κ2) is 4.51. The second-order valence-electron chi connectivity index (χ2n) is 3.24. The van der Waals surface area contributed by atoms with Crippen molar-refractivity contribution in [1.29, 1.82) is 0 Å². The first-order valence-electron chi connectivity index (χ1n) is 4.87. The minimum atomic E-state index is 0.579. The highest BCUT2D eigenvalue weighted by atomic mass is 16.5. The SMILES string of the molecule is C=C1/C=C\C=C/COc2ccccc2N1. The van der Waals surface area contributed by atoms with Crippen molar-refractivity contribution in [2.45, 2.75) is 0 Å². The van der Waals surface area contributed by atoms with Gasteiger partial charge in [0.1, 0.15) is 12.4 Å². The molecule has 1 N–H and O–H groups in total. The lowest BCUT2D eigenvalue weighted by Crippen LogP contribution is -2.01. The van der Waals surface area contributed by atoms with E-state index in [9.17, 15) is 0 Å². The highest BCUT2D eigenvalue weighted by Crippen LogP contribution is 2.25. The Kier molecular flexibility index (Phi) is 2.88. The molecule has 76 valence electrons. The van der Waals surface area contributed by atoms with E-state index in [2.05, 4.69) is 11.9 Å². The van der Waals surface area contributed by atoms with Gasteiger partial charge in [-0.15, -0.1) is 0 Å². The largest absolute Gasteiger partial charge is 0.487 e. The molecule has 0 atom stereocenters. The molecule has 0 bridgehead atoms. The molecular weight excluding hydrogens is 186 g/mol. The van der Waals surface area contributed by atoms with Gasteiger partial charge >= 0.3 is 0 Å². The fourth-order valence-electron chi connectivity index (χ4n) is 1.35. The summed E-state index contributed by atoms with van der Waals surface area (Å²) < 4.78 is 5.59. The maximum absolute atomic E-state index is 5.59. The van der Waals surface area contributed by atoms with Gasteiger partial charge in [0.2, 0.25) is 0 Å². The molecule has 1 aliphatic rings. The van der Waals surface area contributed by atoms with Crippen molar-refractivity contribution in [3.05, 3.63) is 60.8 Å². The summed E-state index contributed by atoms with van der Waals surface area (Å²) in [6, 6.07) is 7.83. The van der Waals surface area contributed by atoms with Crippen molar-refractivity contribution in [3.63, 3.8) is 0 Å². The van der Waals surface area contributed by atoms with Gasteiger partial charge in [-0.3, -0.25) is 0 Å². The molecule has 0 radical (unpaired) electrons. The molecule has 2 nitrogen and oxygen atoms in total. The molecule has 15 heavy (non-hydrogen) atoms. The Morgan fingerprint density at radius 2 is 2.07 bits per heavy atom. The zero-order chi connectivity index (χ0) is 10.5. The summed E-state index contributed by atoms with van der Waals surface area (Å²) in [7, 11) is 0. The van der Waals surface area contributed by atoms with Gasteiger partial charge < -0.3 is 10.1 Å². The standard InChI is InChI=1S/C13H13NO/c1-11-7-3-2-6-10-15-13-9-5-4-8-12(13)14-11/h2-9,14H,1,10H2/b6-2-,7-3-. The lowest BCUT2D eigenvalue weighted by molar-refractivity contribution is 0.364. The number of allylic oxidation sites excluding steroid dienone is 3. The number of benzene rings is 1. The fraction of sp³-hybridized carbons (Fsp3) is 0.0769. The molecule has 1 aromatic carbocycles. The summed E-state index contributed by atoms with van der Waals surface area (Å²) in [5.74, 6) is 0.846. The van der Waals surface area contributed by atoms with Crippen LogP contribution in [0.15, 0.2) is 60.8 Å². The molecule has 0 saturated carbocycles. The Balaban J connectivity index is 2.32. The second-order valence-corrected chi connectivity index (χ2v) is 3.24. The van der Waals surface area contributed by atoms with Gasteiger partial charge in [0.25, 0.3) is 0 Å². The number of fused-ring (bicyclic) bond motifs is 1. The quantitative estimate of drug-likeness (QED) is 0.693. The van der Waals surface area contributed by atoms with E-state index < -0.39 is 0 Å². The van der Waals surface area contributed by atoms with E-state index in [1.54, 1.807) is 0 Å². The first kappa shape index (κ1) is 9.59. The van der Waals surface area contributed by atoms with Crippen LogP contribution < -0.4 is 10.1 Å². The molecule has 1 aromatic rings. The third-order valence-electron chi connectivity index (χ3n) is 2.06. The fourth-order valence-corrected chi connectivity index (χ4v) is 1.35. The Morgan fingerprint density at radius 3 is 3.00 bits per heavy atom. The number of hydrogen-bond donors (Lipinski definition) is 1. The molecule has 0 aromatic heterocycles. The average Bonchev–Trinajstić information content (AvgIpc) is 2.25. The minimum Gasteiger partial charge on any atom is -0.487 e. The van der Waals surface area contributed by atoms with E-state index in [1.807, 2.05) is 48.6 Å². The summed E-state index contributed by atoms with van der Waals surface area (Å²) in [5.41, 5.74) is 1.79. The Labute approximate surface area is 89.6 Å². The van der Waals surface area contributed by atoms with Crippen molar-refractivity contribution in [1.82, 2.24) is 0 Å². The van der Waals surface area contributed by atoms with Crippen LogP contribution in [0.25, 0.3) is 0 Å². The minimum absolute atomic E-state index is 0.579. The summed E-state index contributed by atoms with van der Waals surface area (Å²) in [4.78, 5) is 0. The van der Waals surface area contributed by atoms with E-state index in [0.717, 1.165) is 17.1 Å². The molecule has 0 fully saturated rings. The van der Waals surface area contributed by atoms with Crippen molar-refractivity contribution >= 4 is 5.69 Å². The first-order chi connectivity index (χ1) is 7.36. The molecule has 2 heteroatoms. The van der Waals surface area contributed by atoms with E-state index in [0.29, 0.717) is 6.61 Å². The number of para-hydroxylation sites is 2. The summed E-state index contributed by atoms with van der Waals surface area (Å²) in [6.45, 7) is 4.48. The lowest BCUT2D eigenvalue weighted by Gasteiger charge is -2.12. The number of nitrogens with one attached hydrogen (secondary N) is 1. The van der Waals surface area contributed by atoms with Gasteiger partial charge in [0.15, 0.2) is 0 Å². The predicted molar refractivity (Wildman–Crippen MR) is 63.0 cm³/mol. The topological polar surface area (TPSA) is 21.3 Å². The van der Waals surface area contributed by atoms with E-state index in [-0.39, 0.29) is 0 Å². The van der Waals surface area contributed by atoms with Crippen LogP contribution in [-0.2, 0) is 0 Å². The normalized spacial score (nSPS) is 19.3. The van der Waals surface area contributed by atoms with Crippen LogP contribution in [0.1, 0.15) is 0 Å². The molecule has 0 aliphatic carbocycles. The van der Waals surface area contributed by atoms with Gasteiger partial charge in [0.05, 0.1) is 5.69 Å². The molecule has 1 heterocycles. The number of ether oxygens (including phenoxy) is 1. The molecule has 0 saturated heterocycles. The van der Waals surface area contributed by atoms with Gasteiger partial charge in [-0.1, -0.05) is 30.9 Å². The number of anilines is 1. The van der Waals surface area contributed by atoms with Crippen LogP contribution in [0, 0.1) is 0 Å². The van der Waals surface area contributed by atoms with E-state index in [1.165, 1.54) is 0 Å². The summed E-state index contributed by atoms with van der Waals surface area (Å²) in [6.07, 6.45) is 7.78. The monoisotopic (exact) mass is 199 g/mol. The average molecular weight is 199 g/mol. The van der Waals surface area contributed by atoms with Crippen LogP contribution >= 0.6 is 0 Å². The predicted octanol–water partition coefficient (Wildman–Crippen LogP) is 3.12. The summed E-state index contributed by atoms with van der Waals surface area (Å²) in [5, 5.41) is 3.19. The maximum atomic E-state index is 5.59. The van der Waals surface area contributed by atoms with Gasteiger partial charge in [-0.2, -0.15) is 0 Å². The van der Waals surface area contributed by atoms with Gasteiger partial charge in [-0.05, 0) is 24.3 Å². The van der Waals surface area contributed by atoms with E-state index >= 15 is 0 Å². The van der Waals surface area contributed by atoms with E-state index in [4.69, 9.17) is 4.74 Å². The van der Waals surface area contributed by atoms with Crippen LogP contribution in [0.2, 0.25) is 0 Å². The first-order valence-corrected chi connectivity index (χ1v) is 4.87. The number of hydrogen-bond acceptors (Lipinski definition) is 2. The van der Waals surface area contributed by atoms with Crippen molar-refractivity contribution in [2.24, 2.45) is 0 Å². The summed E-state index contributed by atoms with van der Waals surface area (Å²) >= 11 is 0. The zero-order valence-corrected chi connectivity index (χ0v) is 8.44. The van der Waals surface area contributed by atoms with Crippen molar-refractivity contribution in [3.8, 4) is 5.75 Å². The molecule has 1 aliphatic heterocycles. The third kappa shape index (κ3) is 2.50. The third-order valence-corrected chi connectivity index (χ3v) is 2.06. The van der Waals surface area contributed by atoms with Crippen molar-refractivity contribution < 1.29 is 4.74 Å². The highest BCUT2D eigenvalue weighted by molar-refractivity contribution is 5.60. The zero-order valence-electron chi connectivity index (χ0n) is 8.44. The van der Waals surface area contributed by atoms with Crippen LogP contribution in [0.3, 0.4) is 0 Å². The molecule has 2 rings (SSSR count). The molecule has 0 unspecified atom stereocenters. The highest BCUT2D eigenvalue weighted by Gasteiger charge is 2.02. The van der Waals surface area contributed by atoms with Crippen molar-refractivity contribution in [2.75, 3.05) is 11.9 Å². The Morgan fingerprint density at radius 1 is 1.20 bits per heavy atom.